The van der Waals surface area contributed by atoms with Gasteiger partial charge in [-0.25, -0.2) is 4.98 Å². The first-order valence-electron chi connectivity index (χ1n) is 6.76. The maximum Gasteiger partial charge on any atom is 0.166 e. The number of H-pyrrole nitrogens is 1. The summed E-state index contributed by atoms with van der Waals surface area (Å²) in [6.45, 7) is 0. The summed E-state index contributed by atoms with van der Waals surface area (Å²) in [5, 5.41) is 11.0. The van der Waals surface area contributed by atoms with Gasteiger partial charge in [-0.05, 0) is 29.8 Å². The van der Waals surface area contributed by atoms with Gasteiger partial charge in [-0.15, -0.1) is 0 Å². The second-order valence-corrected chi connectivity index (χ2v) is 6.73. The zero-order chi connectivity index (χ0) is 15.5. The Hall–Kier alpha value is -1.50. The van der Waals surface area contributed by atoms with Crippen molar-refractivity contribution in [3.63, 3.8) is 0 Å². The zero-order valence-corrected chi connectivity index (χ0v) is 14.3. The van der Waals surface area contributed by atoms with Crippen LogP contribution >= 0.6 is 27.7 Å². The van der Waals surface area contributed by atoms with Crippen LogP contribution in [0.5, 0.6) is 5.75 Å². The summed E-state index contributed by atoms with van der Waals surface area (Å²) in [5.41, 5.74) is 2.72. The lowest BCUT2D eigenvalue weighted by Gasteiger charge is -2.09. The summed E-state index contributed by atoms with van der Waals surface area (Å²) in [5.74, 6) is 1.33. The summed E-state index contributed by atoms with van der Waals surface area (Å²) in [6.07, 6.45) is -0.527. The highest BCUT2D eigenvalue weighted by Gasteiger charge is 2.10. The van der Waals surface area contributed by atoms with E-state index < -0.39 is 6.10 Å². The molecular formula is C16H15BrN2O2S. The molecule has 1 unspecified atom stereocenters. The van der Waals surface area contributed by atoms with Gasteiger partial charge in [0, 0.05) is 16.3 Å². The van der Waals surface area contributed by atoms with E-state index in [2.05, 4.69) is 25.9 Å². The quantitative estimate of drug-likeness (QED) is 0.654. The van der Waals surface area contributed by atoms with Gasteiger partial charge in [-0.2, -0.15) is 0 Å². The third-order valence-corrected chi connectivity index (χ3v) is 4.78. The average molecular weight is 379 g/mol. The van der Waals surface area contributed by atoms with E-state index in [-0.39, 0.29) is 0 Å². The number of halogens is 1. The normalized spacial score (nSPS) is 12.5. The van der Waals surface area contributed by atoms with Gasteiger partial charge in [-0.1, -0.05) is 39.8 Å². The van der Waals surface area contributed by atoms with Gasteiger partial charge in [-0.3, -0.25) is 0 Å². The number of hydrogen-bond acceptors (Lipinski definition) is 4. The van der Waals surface area contributed by atoms with Crippen LogP contribution in [0.15, 0.2) is 52.1 Å². The molecule has 0 fully saturated rings. The summed E-state index contributed by atoms with van der Waals surface area (Å²) in [4.78, 5) is 7.74. The third kappa shape index (κ3) is 3.45. The minimum absolute atomic E-state index is 0.527. The van der Waals surface area contributed by atoms with Crippen molar-refractivity contribution in [3.8, 4) is 5.75 Å². The molecule has 0 saturated carbocycles. The number of aliphatic hydroxyl groups is 1. The maximum absolute atomic E-state index is 10.2. The number of ether oxygens (including phenoxy) is 1. The van der Waals surface area contributed by atoms with Gasteiger partial charge in [0.15, 0.2) is 5.16 Å². The third-order valence-electron chi connectivity index (χ3n) is 3.30. The number of methoxy groups -OCH3 is 1. The minimum Gasteiger partial charge on any atom is -0.497 e. The van der Waals surface area contributed by atoms with Crippen LogP contribution in [-0.4, -0.2) is 27.9 Å². The highest BCUT2D eigenvalue weighted by molar-refractivity contribution is 9.10. The zero-order valence-electron chi connectivity index (χ0n) is 11.9. The molecule has 0 bridgehead atoms. The van der Waals surface area contributed by atoms with E-state index in [1.165, 1.54) is 11.8 Å². The molecule has 114 valence electrons. The fourth-order valence-electron chi connectivity index (χ4n) is 2.10. The molecule has 1 atom stereocenters. The van der Waals surface area contributed by atoms with Crippen molar-refractivity contribution >= 4 is 38.7 Å². The molecule has 0 saturated heterocycles. The van der Waals surface area contributed by atoms with Gasteiger partial charge < -0.3 is 14.8 Å². The van der Waals surface area contributed by atoms with Gasteiger partial charge in [0.2, 0.25) is 0 Å². The van der Waals surface area contributed by atoms with E-state index in [1.54, 1.807) is 7.11 Å². The molecule has 1 aromatic heterocycles. The number of benzene rings is 2. The topological polar surface area (TPSA) is 58.1 Å². The number of hydrogen-bond donors (Lipinski definition) is 2. The molecule has 3 aromatic rings. The van der Waals surface area contributed by atoms with Crippen LogP contribution in [-0.2, 0) is 0 Å². The van der Waals surface area contributed by atoms with Crippen LogP contribution in [0.3, 0.4) is 0 Å². The Bertz CT molecular complexity index is 773. The molecule has 3 rings (SSSR count). The van der Waals surface area contributed by atoms with Crippen molar-refractivity contribution in [3.05, 3.63) is 52.5 Å². The van der Waals surface area contributed by atoms with E-state index >= 15 is 0 Å². The van der Waals surface area contributed by atoms with Crippen LogP contribution in [0.25, 0.3) is 11.0 Å². The summed E-state index contributed by atoms with van der Waals surface area (Å²) in [6, 6.07) is 13.4. The Morgan fingerprint density at radius 3 is 2.77 bits per heavy atom. The first-order chi connectivity index (χ1) is 10.7. The van der Waals surface area contributed by atoms with Gasteiger partial charge in [0.1, 0.15) is 5.75 Å². The fraction of sp³-hybridized carbons (Fsp3) is 0.188. The van der Waals surface area contributed by atoms with Crippen molar-refractivity contribution in [2.45, 2.75) is 11.3 Å². The Morgan fingerprint density at radius 1 is 1.27 bits per heavy atom. The first-order valence-corrected chi connectivity index (χ1v) is 8.53. The van der Waals surface area contributed by atoms with Gasteiger partial charge in [0.05, 0.1) is 24.2 Å². The van der Waals surface area contributed by atoms with Crippen LogP contribution in [0, 0.1) is 0 Å². The lowest BCUT2D eigenvalue weighted by Crippen LogP contribution is -2.00. The van der Waals surface area contributed by atoms with Crippen LogP contribution < -0.4 is 4.74 Å². The number of nitrogens with zero attached hydrogens (tertiary/aromatic N) is 1. The summed E-state index contributed by atoms with van der Waals surface area (Å²) >= 11 is 4.89. The molecule has 0 aliphatic carbocycles. The largest absolute Gasteiger partial charge is 0.497 e. The Balaban J connectivity index is 1.69. The lowest BCUT2D eigenvalue weighted by molar-refractivity contribution is 0.204. The number of aromatic nitrogens is 2. The van der Waals surface area contributed by atoms with Crippen molar-refractivity contribution < 1.29 is 9.84 Å². The Kier molecular flexibility index (Phi) is 4.71. The van der Waals surface area contributed by atoms with E-state index in [9.17, 15) is 5.11 Å². The molecule has 1 heterocycles. The van der Waals surface area contributed by atoms with Crippen LogP contribution in [0.2, 0.25) is 0 Å². The van der Waals surface area contributed by atoms with Crippen molar-refractivity contribution in [2.75, 3.05) is 12.9 Å². The molecule has 4 nitrogen and oxygen atoms in total. The summed E-state index contributed by atoms with van der Waals surface area (Å²) < 4.78 is 6.20. The molecule has 0 aliphatic heterocycles. The minimum atomic E-state index is -0.527. The number of fused-ring (bicyclic) bond motifs is 1. The molecule has 0 spiro atoms. The van der Waals surface area contributed by atoms with E-state index in [1.807, 2.05) is 42.5 Å². The van der Waals surface area contributed by atoms with Crippen LogP contribution in [0.4, 0.5) is 0 Å². The van der Waals surface area contributed by atoms with E-state index in [4.69, 9.17) is 4.74 Å². The van der Waals surface area contributed by atoms with E-state index in [0.717, 1.165) is 32.0 Å². The number of thioether (sulfide) groups is 1. The number of imidazole rings is 1. The highest BCUT2D eigenvalue weighted by Crippen LogP contribution is 2.27. The lowest BCUT2D eigenvalue weighted by atomic mass is 10.1. The second kappa shape index (κ2) is 6.73. The molecule has 6 heteroatoms. The Labute approximate surface area is 141 Å². The Morgan fingerprint density at radius 2 is 2.05 bits per heavy atom. The maximum atomic E-state index is 10.2. The fourth-order valence-corrected chi connectivity index (χ4v) is 3.22. The number of aromatic amines is 1. The highest BCUT2D eigenvalue weighted by atomic mass is 79.9. The molecule has 2 aromatic carbocycles. The number of rotatable bonds is 5. The molecule has 0 amide bonds. The predicted octanol–water partition coefficient (Wildman–Crippen LogP) is 4.16. The van der Waals surface area contributed by atoms with Gasteiger partial charge in [0.25, 0.3) is 0 Å². The van der Waals surface area contributed by atoms with Crippen molar-refractivity contribution in [2.24, 2.45) is 0 Å². The molecule has 0 aliphatic rings. The second-order valence-electron chi connectivity index (χ2n) is 4.80. The van der Waals surface area contributed by atoms with Gasteiger partial charge >= 0.3 is 0 Å². The van der Waals surface area contributed by atoms with Crippen molar-refractivity contribution in [1.82, 2.24) is 9.97 Å². The van der Waals surface area contributed by atoms with Crippen LogP contribution in [0.1, 0.15) is 11.7 Å². The standard InChI is InChI=1S/C16H15BrN2O2S/c1-21-12-6-7-13-14(8-12)19-16(18-13)22-9-15(20)10-2-4-11(17)5-3-10/h2-8,15,20H,9H2,1H3,(H,18,19). The molecular weight excluding hydrogens is 364 g/mol. The predicted molar refractivity (Wildman–Crippen MR) is 92.5 cm³/mol. The first kappa shape index (κ1) is 15.4. The number of aliphatic hydroxyl groups excluding tert-OH is 1. The monoisotopic (exact) mass is 378 g/mol. The SMILES string of the molecule is COc1ccc2nc(SCC(O)c3ccc(Br)cc3)[nH]c2c1. The molecule has 2 N–H and O–H groups in total. The number of nitrogens with one attached hydrogen (secondary N) is 1. The van der Waals surface area contributed by atoms with E-state index in [0.29, 0.717) is 5.75 Å². The van der Waals surface area contributed by atoms with Crippen molar-refractivity contribution in [1.29, 1.82) is 0 Å². The molecule has 22 heavy (non-hydrogen) atoms. The molecule has 0 radical (unpaired) electrons. The average Bonchev–Trinajstić information content (AvgIpc) is 2.95. The summed E-state index contributed by atoms with van der Waals surface area (Å²) in [7, 11) is 1.64. The smallest absolute Gasteiger partial charge is 0.166 e.